The van der Waals surface area contributed by atoms with Crippen molar-refractivity contribution in [2.75, 3.05) is 11.4 Å². The molecule has 2 N–H and O–H groups in total. The summed E-state index contributed by atoms with van der Waals surface area (Å²) >= 11 is 5.92. The van der Waals surface area contributed by atoms with Crippen molar-refractivity contribution in [3.63, 3.8) is 0 Å². The second kappa shape index (κ2) is 10.9. The molecule has 0 fully saturated rings. The van der Waals surface area contributed by atoms with E-state index >= 15 is 0 Å². The minimum atomic E-state index is -0.997. The molecule has 1 amide bonds. The van der Waals surface area contributed by atoms with E-state index < -0.39 is 5.97 Å². The van der Waals surface area contributed by atoms with E-state index in [1.54, 1.807) is 17.0 Å². The Hall–Kier alpha value is -3.15. The second-order valence-electron chi connectivity index (χ2n) is 7.96. The van der Waals surface area contributed by atoms with E-state index in [1.807, 2.05) is 36.4 Å². The summed E-state index contributed by atoms with van der Waals surface area (Å²) in [6.45, 7) is 5.36. The summed E-state index contributed by atoms with van der Waals surface area (Å²) < 4.78 is 0. The third-order valence-electron chi connectivity index (χ3n) is 5.23. The predicted molar refractivity (Wildman–Crippen MR) is 128 cm³/mol. The van der Waals surface area contributed by atoms with Gasteiger partial charge >= 0.3 is 5.97 Å². The second-order valence-corrected chi connectivity index (χ2v) is 8.39. The summed E-state index contributed by atoms with van der Waals surface area (Å²) in [6, 6.07) is 22.1. The first-order valence-corrected chi connectivity index (χ1v) is 10.9. The number of carboxylic acids is 1. The zero-order valence-corrected chi connectivity index (χ0v) is 19.0. The molecule has 0 unspecified atom stereocenters. The number of nitrogens with one attached hydrogen (secondary N) is 1. The molecule has 0 saturated carbocycles. The molecular formula is C26H27ClN2O3. The fourth-order valence-electron chi connectivity index (χ4n) is 3.31. The van der Waals surface area contributed by atoms with Crippen molar-refractivity contribution in [2.45, 2.75) is 32.9 Å². The number of halogens is 1. The van der Waals surface area contributed by atoms with E-state index in [9.17, 15) is 14.7 Å². The SMILES string of the molecule is CC(C)c1ccc(CN(C(=O)CNCc2ccc(Cl)cc2)c2ccc(C(=O)O)cc2)cc1. The van der Waals surface area contributed by atoms with Crippen LogP contribution in [0.1, 0.15) is 46.8 Å². The standard InChI is InChI=1S/C26H27ClN2O3/c1-18(2)21-7-3-20(4-8-21)17-29(24-13-9-22(10-14-24)26(31)32)25(30)16-28-15-19-5-11-23(27)12-6-19/h3-14,18,28H,15-17H2,1-2H3,(H,31,32). The van der Waals surface area contributed by atoms with Crippen LogP contribution >= 0.6 is 11.6 Å². The molecule has 0 bridgehead atoms. The Kier molecular flexibility index (Phi) is 8.03. The Morgan fingerprint density at radius 1 is 0.906 bits per heavy atom. The number of aromatic carboxylic acids is 1. The number of hydrogen-bond donors (Lipinski definition) is 2. The highest BCUT2D eigenvalue weighted by atomic mass is 35.5. The smallest absolute Gasteiger partial charge is 0.335 e. The first kappa shape index (κ1) is 23.5. The molecule has 3 aromatic rings. The van der Waals surface area contributed by atoms with Gasteiger partial charge in [0.1, 0.15) is 0 Å². The van der Waals surface area contributed by atoms with Gasteiger partial charge < -0.3 is 15.3 Å². The number of benzene rings is 3. The Labute approximate surface area is 193 Å². The average Bonchev–Trinajstić information content (AvgIpc) is 2.79. The molecule has 32 heavy (non-hydrogen) atoms. The molecule has 0 radical (unpaired) electrons. The maximum atomic E-state index is 13.1. The van der Waals surface area contributed by atoms with Gasteiger partial charge in [0.2, 0.25) is 5.91 Å². The van der Waals surface area contributed by atoms with E-state index in [2.05, 4.69) is 31.3 Å². The molecule has 0 aromatic heterocycles. The van der Waals surface area contributed by atoms with Crippen molar-refractivity contribution in [1.29, 1.82) is 0 Å². The number of carbonyl (C=O) groups is 2. The van der Waals surface area contributed by atoms with Gasteiger partial charge in [-0.05, 0) is 59.0 Å². The number of carbonyl (C=O) groups excluding carboxylic acids is 1. The summed E-state index contributed by atoms with van der Waals surface area (Å²) in [4.78, 5) is 26.0. The van der Waals surface area contributed by atoms with Gasteiger partial charge in [-0.15, -0.1) is 0 Å². The number of hydrogen-bond acceptors (Lipinski definition) is 3. The van der Waals surface area contributed by atoms with Crippen molar-refractivity contribution in [1.82, 2.24) is 5.32 Å². The van der Waals surface area contributed by atoms with Crippen LogP contribution in [0.3, 0.4) is 0 Å². The van der Waals surface area contributed by atoms with Gasteiger partial charge in [-0.25, -0.2) is 4.79 Å². The van der Waals surface area contributed by atoms with Crippen molar-refractivity contribution in [3.05, 3.63) is 100 Å². The van der Waals surface area contributed by atoms with Crippen molar-refractivity contribution in [3.8, 4) is 0 Å². The number of nitrogens with zero attached hydrogens (tertiary/aromatic N) is 1. The molecule has 0 saturated heterocycles. The minimum Gasteiger partial charge on any atom is -0.478 e. The Morgan fingerprint density at radius 2 is 1.50 bits per heavy atom. The summed E-state index contributed by atoms with van der Waals surface area (Å²) in [6.07, 6.45) is 0. The quantitative estimate of drug-likeness (QED) is 0.452. The first-order chi connectivity index (χ1) is 15.3. The highest BCUT2D eigenvalue weighted by molar-refractivity contribution is 6.30. The summed E-state index contributed by atoms with van der Waals surface area (Å²) in [5.74, 6) is -0.666. The Bertz CT molecular complexity index is 1050. The fourth-order valence-corrected chi connectivity index (χ4v) is 3.44. The van der Waals surface area contributed by atoms with Crippen LogP contribution in [-0.2, 0) is 17.9 Å². The largest absolute Gasteiger partial charge is 0.478 e. The minimum absolute atomic E-state index is 0.102. The van der Waals surface area contributed by atoms with Crippen LogP contribution in [0, 0.1) is 0 Å². The lowest BCUT2D eigenvalue weighted by Crippen LogP contribution is -2.37. The molecule has 5 nitrogen and oxygen atoms in total. The zero-order valence-electron chi connectivity index (χ0n) is 18.2. The maximum absolute atomic E-state index is 13.1. The van der Waals surface area contributed by atoms with E-state index in [4.69, 9.17) is 11.6 Å². The van der Waals surface area contributed by atoms with Gasteiger partial charge in [-0.1, -0.05) is 61.8 Å². The normalized spacial score (nSPS) is 10.9. The number of amides is 1. The molecule has 0 atom stereocenters. The van der Waals surface area contributed by atoms with Crippen molar-refractivity contribution in [2.24, 2.45) is 0 Å². The summed E-state index contributed by atoms with van der Waals surface area (Å²) in [7, 11) is 0. The summed E-state index contributed by atoms with van der Waals surface area (Å²) in [5.41, 5.74) is 4.11. The van der Waals surface area contributed by atoms with Crippen molar-refractivity contribution >= 4 is 29.2 Å². The average molecular weight is 451 g/mol. The van der Waals surface area contributed by atoms with Crippen molar-refractivity contribution < 1.29 is 14.7 Å². The van der Waals surface area contributed by atoms with Crippen LogP contribution in [0.4, 0.5) is 5.69 Å². The van der Waals surface area contributed by atoms with Crippen LogP contribution in [0.5, 0.6) is 0 Å². The van der Waals surface area contributed by atoms with E-state index in [0.29, 0.717) is 29.7 Å². The summed E-state index contributed by atoms with van der Waals surface area (Å²) in [5, 5.41) is 13.0. The van der Waals surface area contributed by atoms with Gasteiger partial charge in [0.05, 0.1) is 18.7 Å². The molecule has 0 aliphatic carbocycles. The Morgan fingerprint density at radius 3 is 2.06 bits per heavy atom. The molecule has 3 aromatic carbocycles. The lowest BCUT2D eigenvalue weighted by Gasteiger charge is -2.24. The van der Waals surface area contributed by atoms with E-state index in [1.165, 1.54) is 17.7 Å². The molecule has 6 heteroatoms. The van der Waals surface area contributed by atoms with Gasteiger partial charge in [-0.3, -0.25) is 4.79 Å². The maximum Gasteiger partial charge on any atom is 0.335 e. The van der Waals surface area contributed by atoms with Gasteiger partial charge in [-0.2, -0.15) is 0 Å². The molecule has 0 aliphatic heterocycles. The first-order valence-electron chi connectivity index (χ1n) is 10.5. The highest BCUT2D eigenvalue weighted by Gasteiger charge is 2.17. The zero-order chi connectivity index (χ0) is 23.1. The lowest BCUT2D eigenvalue weighted by atomic mass is 10.0. The van der Waals surface area contributed by atoms with Gasteiger partial charge in [0, 0.05) is 17.3 Å². The van der Waals surface area contributed by atoms with Gasteiger partial charge in [0.25, 0.3) is 0 Å². The molecule has 166 valence electrons. The Balaban J connectivity index is 1.74. The lowest BCUT2D eigenvalue weighted by molar-refractivity contribution is -0.118. The van der Waals surface area contributed by atoms with Gasteiger partial charge in [0.15, 0.2) is 0 Å². The van der Waals surface area contributed by atoms with Crippen LogP contribution in [0.15, 0.2) is 72.8 Å². The molecular weight excluding hydrogens is 424 g/mol. The van der Waals surface area contributed by atoms with Crippen LogP contribution < -0.4 is 10.2 Å². The number of anilines is 1. The number of carboxylic acid groups (broad SMARTS) is 1. The third kappa shape index (κ3) is 6.42. The number of rotatable bonds is 9. The molecule has 3 rings (SSSR count). The van der Waals surface area contributed by atoms with Crippen LogP contribution in [-0.4, -0.2) is 23.5 Å². The predicted octanol–water partition coefficient (Wildman–Crippen LogP) is 5.48. The van der Waals surface area contributed by atoms with Crippen LogP contribution in [0.25, 0.3) is 0 Å². The van der Waals surface area contributed by atoms with E-state index in [0.717, 1.165) is 11.1 Å². The highest BCUT2D eigenvalue weighted by Crippen LogP contribution is 2.21. The molecule has 0 aliphatic rings. The third-order valence-corrected chi connectivity index (χ3v) is 5.48. The van der Waals surface area contributed by atoms with E-state index in [-0.39, 0.29) is 18.0 Å². The topological polar surface area (TPSA) is 69.6 Å². The fraction of sp³-hybridized carbons (Fsp3) is 0.231. The molecule has 0 heterocycles. The molecule has 0 spiro atoms. The monoisotopic (exact) mass is 450 g/mol. The van der Waals surface area contributed by atoms with Crippen LogP contribution in [0.2, 0.25) is 5.02 Å².